The van der Waals surface area contributed by atoms with Gasteiger partial charge in [0.15, 0.2) is 0 Å². The summed E-state index contributed by atoms with van der Waals surface area (Å²) in [6, 6.07) is 0. The summed E-state index contributed by atoms with van der Waals surface area (Å²) in [4.78, 5) is 33.4. The minimum Gasteiger partial charge on any atom is -0.412 e. The molecule has 0 aromatic heterocycles. The van der Waals surface area contributed by atoms with Gasteiger partial charge in [-0.25, -0.2) is 0 Å². The second kappa shape index (κ2) is 133. The Kier molecular flexibility index (Phi) is 714. The Morgan fingerprint density at radius 1 is 0.357 bits per heavy atom. The summed E-state index contributed by atoms with van der Waals surface area (Å²) in [7, 11) is 0. The van der Waals surface area contributed by atoms with Crippen molar-refractivity contribution in [2.24, 2.45) is 0 Å². The summed E-state index contributed by atoms with van der Waals surface area (Å²) in [6.45, 7) is 0. The van der Waals surface area contributed by atoms with Gasteiger partial charge in [-0.05, 0) is 0 Å². The van der Waals surface area contributed by atoms with Gasteiger partial charge in [-0.1, -0.05) is 0 Å². The van der Waals surface area contributed by atoms with E-state index in [0.29, 0.717) is 0 Å². The number of nitrogens with zero attached hydrogens (tertiary/aromatic N) is 4. The van der Waals surface area contributed by atoms with Crippen molar-refractivity contribution >= 4 is 0 Å². The maximum atomic E-state index is 8.36. The molecule has 0 bridgehead atoms. The van der Waals surface area contributed by atoms with E-state index in [-0.39, 0.29) is 136 Å². The third-order valence-electron chi connectivity index (χ3n) is 0. The molecule has 28 heteroatoms. The summed E-state index contributed by atoms with van der Waals surface area (Å²) in [5, 5.41) is 54.6. The summed E-state index contributed by atoms with van der Waals surface area (Å²) in [5.41, 5.74) is 0. The van der Waals surface area contributed by atoms with Crippen molar-refractivity contribution in [2.45, 2.75) is 0 Å². The van der Waals surface area contributed by atoms with Crippen LogP contribution >= 0.6 is 0 Å². The zero-order valence-electron chi connectivity index (χ0n) is 12.8. The van der Waals surface area contributed by atoms with E-state index in [4.69, 9.17) is 61.3 Å². The molecule has 26 nitrogen and oxygen atoms in total. The van der Waals surface area contributed by atoms with Gasteiger partial charge in [0.25, 0.3) is 20.3 Å². The van der Waals surface area contributed by atoms with Gasteiger partial charge < -0.3 is 75.6 Å². The van der Waals surface area contributed by atoms with Crippen LogP contribution in [0.1, 0.15) is 0 Å². The Hall–Kier alpha value is -0.899. The first-order valence-electron chi connectivity index (χ1n) is 2.26. The molecule has 0 heterocycles. The van der Waals surface area contributed by atoms with E-state index in [1.165, 1.54) is 0 Å². The smallest absolute Gasteiger partial charge is 0.412 e. The van der Waals surface area contributed by atoms with Crippen LogP contribution in [0.25, 0.3) is 0 Å². The number of hydrogen-bond donors (Lipinski definition) is 4. The molecule has 0 amide bonds. The first-order chi connectivity index (χ1) is 6.93. The molecule has 0 unspecified atom stereocenters. The van der Waals surface area contributed by atoms with Gasteiger partial charge in [0, 0.05) is 0 Å². The molecule has 0 saturated heterocycles. The maximum absolute atomic E-state index is 8.36. The minimum absolute atomic E-state index is 0. The number of hydrogen-bond acceptors (Lipinski definition) is 8. The van der Waals surface area contributed by atoms with Crippen molar-refractivity contribution in [3.8, 4) is 0 Å². The van der Waals surface area contributed by atoms with E-state index >= 15 is 0 Å². The van der Waals surface area contributed by atoms with Crippen LogP contribution in [0.2, 0.25) is 0 Å². The molecule has 0 aliphatic carbocycles. The van der Waals surface area contributed by atoms with Crippen LogP contribution in [0, 0.1) is 122 Å². The van der Waals surface area contributed by atoms with Gasteiger partial charge in [0.05, 0.1) is 0 Å². The Balaban J connectivity index is -0.00000000429. The molecule has 0 rings (SSSR count). The Morgan fingerprint density at radius 3 is 0.357 bits per heavy atom. The van der Waals surface area contributed by atoms with Crippen molar-refractivity contribution in [3.05, 3.63) is 40.5 Å². The molecule has 0 spiro atoms. The van der Waals surface area contributed by atoms with Crippen molar-refractivity contribution in [1.29, 1.82) is 0 Å². The average molecular weight is 721 g/mol. The predicted molar refractivity (Wildman–Crippen MR) is 71.3 cm³/mol. The summed E-state index contributed by atoms with van der Waals surface area (Å²) in [5.74, 6) is 0. The fraction of sp³-hybridized carbons (Fsp3) is 0. The zero-order valence-corrected chi connectivity index (χ0v) is 19.3. The van der Waals surface area contributed by atoms with Gasteiger partial charge in [0.1, 0.15) is 0 Å². The summed E-state index contributed by atoms with van der Waals surface area (Å²) in [6.07, 6.45) is 0. The first kappa shape index (κ1) is 150. The van der Waals surface area contributed by atoms with Gasteiger partial charge in [-0.15, -0.1) is 40.5 Å². The average Bonchev–Trinajstić information content (AvgIpc) is 1.76. The van der Waals surface area contributed by atoms with E-state index < -0.39 is 20.3 Å². The predicted octanol–water partition coefficient (Wildman–Crippen LogP) is -9.64. The molecule has 2 radical (unpaired) electrons. The van der Waals surface area contributed by atoms with E-state index in [1.807, 2.05) is 0 Å². The third-order valence-corrected chi connectivity index (χ3v) is 0. The third kappa shape index (κ3) is 18100. The summed E-state index contributed by atoms with van der Waals surface area (Å²) >= 11 is 0. The minimum atomic E-state index is -1.50. The number of rotatable bonds is 0. The van der Waals surface area contributed by atoms with Crippen LogP contribution in [0.15, 0.2) is 0 Å². The van der Waals surface area contributed by atoms with Crippen LogP contribution in [0.3, 0.4) is 0 Å². The molecule has 0 atom stereocenters. The summed E-state index contributed by atoms with van der Waals surface area (Å²) < 4.78 is 0. The Bertz CT molecular complexity index is 167. The molecule has 28 heavy (non-hydrogen) atoms. The molecule has 0 fully saturated rings. The fourth-order valence-corrected chi connectivity index (χ4v) is 0. The van der Waals surface area contributed by atoms with Gasteiger partial charge >= 0.3 is 81.7 Å². The fourth-order valence-electron chi connectivity index (χ4n) is 0. The van der Waals surface area contributed by atoms with Crippen LogP contribution in [0.4, 0.5) is 0 Å². The second-order valence-electron chi connectivity index (χ2n) is 0.951. The van der Waals surface area contributed by atoms with Crippen molar-refractivity contribution in [2.75, 3.05) is 0 Å². The molecular formula is H24N4Nd2O22+6. The van der Waals surface area contributed by atoms with Crippen LogP contribution in [0.5, 0.6) is 0 Å². The Morgan fingerprint density at radius 2 is 0.357 bits per heavy atom. The molecule has 178 valence electrons. The van der Waals surface area contributed by atoms with Crippen molar-refractivity contribution in [1.82, 2.24) is 0 Å². The van der Waals surface area contributed by atoms with Crippen LogP contribution in [-0.2, 0) is 0 Å². The maximum Gasteiger partial charge on any atom is 3.00 e. The van der Waals surface area contributed by atoms with Crippen molar-refractivity contribution < 1.29 is 178 Å². The molecule has 0 saturated carbocycles. The SMILES string of the molecule is O.O.O.O.O.O.O.O.O.O.O=[N+]([O-])O.O=[N+]([O-])O.O=[N+]([O-])O.O=[N+]([O-])O.[Nd+3].[Nd+3]. The first-order valence-corrected chi connectivity index (χ1v) is 2.26. The van der Waals surface area contributed by atoms with Crippen LogP contribution < -0.4 is 0 Å². The van der Waals surface area contributed by atoms with E-state index in [2.05, 4.69) is 0 Å². The second-order valence-corrected chi connectivity index (χ2v) is 0.951. The standard InChI is InChI=1S/4HNO3.2Nd.10H2O/c4*2-1(3)4;;;;;;;;;;;;/h4*(H,2,3,4);;;10*1H2/q;;;;2*+3;;;;;;;;;;. The topological polar surface area (TPSA) is 568 Å². The monoisotopic (exact) mass is 716 g/mol. The largest absolute Gasteiger partial charge is 3.00 e. The Labute approximate surface area is 216 Å². The van der Waals surface area contributed by atoms with E-state index in [0.717, 1.165) is 0 Å². The normalized spacial score (nSPS) is 3.43. The molecule has 0 aromatic carbocycles. The van der Waals surface area contributed by atoms with Gasteiger partial charge in [0.2, 0.25) is 0 Å². The molecule has 0 aliphatic heterocycles. The van der Waals surface area contributed by atoms with E-state index in [9.17, 15) is 0 Å². The van der Waals surface area contributed by atoms with Gasteiger partial charge in [-0.3, -0.25) is 0 Å². The van der Waals surface area contributed by atoms with Crippen LogP contribution in [-0.4, -0.2) is 95.9 Å². The molecular weight excluding hydrogens is 696 g/mol. The van der Waals surface area contributed by atoms with Gasteiger partial charge in [-0.2, -0.15) is 0 Å². The quantitative estimate of drug-likeness (QED) is 0.134. The zero-order chi connectivity index (χ0) is 14.3. The molecule has 0 aliphatic rings. The molecule has 24 N–H and O–H groups in total. The van der Waals surface area contributed by atoms with E-state index in [1.54, 1.807) is 0 Å². The molecule has 0 aromatic rings. The van der Waals surface area contributed by atoms with Crippen molar-refractivity contribution in [3.63, 3.8) is 0 Å².